The maximum absolute atomic E-state index is 12.1. The molecule has 0 bridgehead atoms. The summed E-state index contributed by atoms with van der Waals surface area (Å²) in [5, 5.41) is 0. The summed E-state index contributed by atoms with van der Waals surface area (Å²) in [4.78, 5) is 24.0. The van der Waals surface area contributed by atoms with Crippen LogP contribution in [0.25, 0.3) is 0 Å². The summed E-state index contributed by atoms with van der Waals surface area (Å²) in [7, 11) is 0. The smallest absolute Gasteiger partial charge is 0.161 e. The van der Waals surface area contributed by atoms with Crippen LogP contribution in [-0.2, 0) is 28.5 Å². The van der Waals surface area contributed by atoms with Gasteiger partial charge in [0.2, 0.25) is 0 Å². The Labute approximate surface area is 173 Å². The van der Waals surface area contributed by atoms with Gasteiger partial charge in [-0.3, -0.25) is 9.59 Å². The van der Waals surface area contributed by atoms with E-state index in [9.17, 15) is 9.59 Å². The van der Waals surface area contributed by atoms with Crippen molar-refractivity contribution in [1.82, 2.24) is 0 Å². The molecule has 0 aromatic rings. The van der Waals surface area contributed by atoms with Crippen LogP contribution >= 0.6 is 0 Å². The second-order valence-electron chi connectivity index (χ2n) is 8.00. The molecule has 0 saturated carbocycles. The molecule has 2 saturated heterocycles. The van der Waals surface area contributed by atoms with Gasteiger partial charge in [0, 0.05) is 26.1 Å². The van der Waals surface area contributed by atoms with Crippen molar-refractivity contribution in [3.05, 3.63) is 23.8 Å². The minimum absolute atomic E-state index is 0.117. The minimum Gasteiger partial charge on any atom is -0.353 e. The summed E-state index contributed by atoms with van der Waals surface area (Å²) in [6, 6.07) is 0. The normalized spacial score (nSPS) is 28.1. The van der Waals surface area contributed by atoms with Gasteiger partial charge in [0.15, 0.2) is 24.1 Å². The van der Waals surface area contributed by atoms with Crippen LogP contribution in [0.5, 0.6) is 0 Å². The average molecular weight is 407 g/mol. The Morgan fingerprint density at radius 3 is 2.55 bits per heavy atom. The van der Waals surface area contributed by atoms with E-state index >= 15 is 0 Å². The van der Waals surface area contributed by atoms with Crippen LogP contribution in [0, 0.1) is 0 Å². The van der Waals surface area contributed by atoms with Gasteiger partial charge in [-0.2, -0.15) is 0 Å². The number of ether oxygens (including phenoxy) is 4. The first-order valence-corrected chi connectivity index (χ1v) is 11.1. The molecule has 6 heteroatoms. The fourth-order valence-electron chi connectivity index (χ4n) is 3.82. The zero-order chi connectivity index (χ0) is 20.3. The Bertz CT molecular complexity index is 584. The molecule has 2 aliphatic heterocycles. The van der Waals surface area contributed by atoms with Crippen LogP contribution in [0.3, 0.4) is 0 Å². The largest absolute Gasteiger partial charge is 0.353 e. The fourth-order valence-corrected chi connectivity index (χ4v) is 3.82. The second-order valence-corrected chi connectivity index (χ2v) is 8.00. The van der Waals surface area contributed by atoms with E-state index < -0.39 is 0 Å². The highest BCUT2D eigenvalue weighted by atomic mass is 16.7. The lowest BCUT2D eigenvalue weighted by molar-refractivity contribution is -0.178. The van der Waals surface area contributed by atoms with E-state index in [0.717, 1.165) is 70.2 Å². The van der Waals surface area contributed by atoms with Gasteiger partial charge in [0.25, 0.3) is 0 Å². The van der Waals surface area contributed by atoms with Gasteiger partial charge in [-0.15, -0.1) is 0 Å². The lowest BCUT2D eigenvalue weighted by Gasteiger charge is -2.24. The summed E-state index contributed by atoms with van der Waals surface area (Å²) in [5.41, 5.74) is 0.819. The van der Waals surface area contributed by atoms with E-state index in [0.29, 0.717) is 19.3 Å². The van der Waals surface area contributed by atoms with E-state index in [1.54, 1.807) is 0 Å². The molecule has 29 heavy (non-hydrogen) atoms. The number of carbonyl (C=O) groups excluding carboxylic acids is 2. The van der Waals surface area contributed by atoms with Gasteiger partial charge in [-0.05, 0) is 69.4 Å². The Hall–Kier alpha value is -1.34. The zero-order valence-electron chi connectivity index (χ0n) is 17.3. The molecule has 3 aliphatic rings. The number of allylic oxidation sites excluding steroid dienone is 3. The first kappa shape index (κ1) is 22.3. The molecule has 2 fully saturated rings. The number of Topliss-reactive ketones (excluding diaryl/α,β-unsaturated/α-hetero) is 2. The van der Waals surface area contributed by atoms with Gasteiger partial charge < -0.3 is 18.9 Å². The SMILES string of the molecule is O=C(CCCC=CCC1=CC(OC2CCCCO2)CC1=O)COC1CCCCO1. The van der Waals surface area contributed by atoms with Crippen LogP contribution in [0.1, 0.15) is 70.6 Å². The predicted octanol–water partition coefficient (Wildman–Crippen LogP) is 4.03. The zero-order valence-corrected chi connectivity index (χ0v) is 17.3. The number of hydrogen-bond acceptors (Lipinski definition) is 6. The van der Waals surface area contributed by atoms with Crippen molar-refractivity contribution < 1.29 is 28.5 Å². The minimum atomic E-state index is -0.206. The average Bonchev–Trinajstić information content (AvgIpc) is 3.09. The van der Waals surface area contributed by atoms with Crippen molar-refractivity contribution in [2.75, 3.05) is 19.8 Å². The van der Waals surface area contributed by atoms with Crippen molar-refractivity contribution in [1.29, 1.82) is 0 Å². The lowest BCUT2D eigenvalue weighted by Crippen LogP contribution is -2.26. The number of carbonyl (C=O) groups is 2. The maximum Gasteiger partial charge on any atom is 0.161 e. The molecule has 6 nitrogen and oxygen atoms in total. The van der Waals surface area contributed by atoms with Gasteiger partial charge in [-0.25, -0.2) is 0 Å². The summed E-state index contributed by atoms with van der Waals surface area (Å²) < 4.78 is 22.4. The summed E-state index contributed by atoms with van der Waals surface area (Å²) in [6.07, 6.45) is 14.8. The molecule has 0 N–H and O–H groups in total. The van der Waals surface area contributed by atoms with Crippen LogP contribution in [0.2, 0.25) is 0 Å². The van der Waals surface area contributed by atoms with Gasteiger partial charge in [-0.1, -0.05) is 12.2 Å². The van der Waals surface area contributed by atoms with Gasteiger partial charge >= 0.3 is 0 Å². The van der Waals surface area contributed by atoms with Gasteiger partial charge in [0.1, 0.15) is 6.61 Å². The van der Waals surface area contributed by atoms with Crippen LogP contribution in [0.15, 0.2) is 23.8 Å². The third kappa shape index (κ3) is 8.13. The van der Waals surface area contributed by atoms with Gasteiger partial charge in [0.05, 0.1) is 6.10 Å². The molecule has 3 unspecified atom stereocenters. The van der Waals surface area contributed by atoms with Crippen molar-refractivity contribution in [2.45, 2.75) is 89.3 Å². The molecular formula is C23H34O6. The van der Waals surface area contributed by atoms with E-state index in [4.69, 9.17) is 18.9 Å². The van der Waals surface area contributed by atoms with Crippen molar-refractivity contribution >= 4 is 11.6 Å². The fraction of sp³-hybridized carbons (Fsp3) is 0.739. The molecule has 2 heterocycles. The van der Waals surface area contributed by atoms with Crippen molar-refractivity contribution in [3.63, 3.8) is 0 Å². The lowest BCUT2D eigenvalue weighted by atomic mass is 10.1. The highest BCUT2D eigenvalue weighted by Gasteiger charge is 2.27. The van der Waals surface area contributed by atoms with E-state index in [-0.39, 0.29) is 36.9 Å². The summed E-state index contributed by atoms with van der Waals surface area (Å²) in [5.74, 6) is 0.277. The molecular weight excluding hydrogens is 372 g/mol. The van der Waals surface area contributed by atoms with E-state index in [2.05, 4.69) is 0 Å². The second kappa shape index (κ2) is 12.4. The van der Waals surface area contributed by atoms with Crippen LogP contribution < -0.4 is 0 Å². The Morgan fingerprint density at radius 1 is 1.07 bits per heavy atom. The van der Waals surface area contributed by atoms with Crippen molar-refractivity contribution in [3.8, 4) is 0 Å². The van der Waals surface area contributed by atoms with E-state index in [1.165, 1.54) is 0 Å². The Morgan fingerprint density at radius 2 is 1.83 bits per heavy atom. The number of ketones is 2. The standard InChI is InChI=1S/C23H34O6/c24-19(17-28-22-11-5-7-13-26-22)10-4-2-1-3-9-18-15-20(16-21(18)25)29-23-12-6-8-14-27-23/h1,3,15,20,22-23H,2,4-14,16-17H2. The number of rotatable bonds is 11. The Balaban J connectivity index is 1.26. The highest BCUT2D eigenvalue weighted by Crippen LogP contribution is 2.24. The third-order valence-corrected chi connectivity index (χ3v) is 5.50. The molecule has 3 rings (SSSR count). The molecule has 0 amide bonds. The quantitative estimate of drug-likeness (QED) is 0.381. The highest BCUT2D eigenvalue weighted by molar-refractivity contribution is 5.98. The molecule has 0 radical (unpaired) electrons. The molecule has 1 aliphatic carbocycles. The maximum atomic E-state index is 12.1. The summed E-state index contributed by atoms with van der Waals surface area (Å²) >= 11 is 0. The third-order valence-electron chi connectivity index (χ3n) is 5.50. The predicted molar refractivity (Wildman–Crippen MR) is 108 cm³/mol. The number of hydrogen-bond donors (Lipinski definition) is 0. The van der Waals surface area contributed by atoms with E-state index in [1.807, 2.05) is 18.2 Å². The van der Waals surface area contributed by atoms with Crippen LogP contribution in [-0.4, -0.2) is 50.1 Å². The monoisotopic (exact) mass is 406 g/mol. The first-order valence-electron chi connectivity index (χ1n) is 11.1. The van der Waals surface area contributed by atoms with Crippen molar-refractivity contribution in [2.24, 2.45) is 0 Å². The first-order chi connectivity index (χ1) is 14.2. The Kier molecular flexibility index (Phi) is 9.54. The molecule has 0 aromatic carbocycles. The molecule has 0 aromatic heterocycles. The number of unbranched alkanes of at least 4 members (excludes halogenated alkanes) is 1. The molecule has 0 spiro atoms. The van der Waals surface area contributed by atoms with Crippen LogP contribution in [0.4, 0.5) is 0 Å². The molecule has 3 atom stereocenters. The topological polar surface area (TPSA) is 71.1 Å². The molecule has 162 valence electrons. The summed E-state index contributed by atoms with van der Waals surface area (Å²) in [6.45, 7) is 1.61.